The van der Waals surface area contributed by atoms with Gasteiger partial charge in [-0.05, 0) is 65.1 Å². The molecule has 1 unspecified atom stereocenters. The van der Waals surface area contributed by atoms with Crippen LogP contribution in [0.5, 0.6) is 5.75 Å². The van der Waals surface area contributed by atoms with Crippen LogP contribution in [0.25, 0.3) is 0 Å². The Morgan fingerprint density at radius 3 is 2.86 bits per heavy atom. The van der Waals surface area contributed by atoms with Gasteiger partial charge in [-0.3, -0.25) is 4.98 Å². The number of rotatable bonds is 6. The fourth-order valence-corrected chi connectivity index (χ4v) is 2.54. The second-order valence-corrected chi connectivity index (χ2v) is 6.20. The van der Waals surface area contributed by atoms with Crippen molar-refractivity contribution in [3.63, 3.8) is 0 Å². The van der Waals surface area contributed by atoms with Crippen LogP contribution in [0.3, 0.4) is 0 Å². The number of aromatic nitrogens is 1. The molecule has 2 aromatic rings. The average molecular weight is 347 g/mol. The number of hydrogen-bond acceptors (Lipinski definition) is 3. The van der Waals surface area contributed by atoms with E-state index in [9.17, 15) is 0 Å². The van der Waals surface area contributed by atoms with Gasteiger partial charge >= 0.3 is 0 Å². The third-order valence-corrected chi connectivity index (χ3v) is 3.94. The van der Waals surface area contributed by atoms with Crippen molar-refractivity contribution in [2.75, 3.05) is 6.54 Å². The first-order chi connectivity index (χ1) is 10.3. The lowest BCUT2D eigenvalue weighted by molar-refractivity contribution is 0.302. The molecule has 0 bridgehead atoms. The minimum Gasteiger partial charge on any atom is -0.490 e. The number of hydrogen-bond donors (Lipinski definition) is 1. The van der Waals surface area contributed by atoms with Crippen LogP contribution in [0.2, 0.25) is 0 Å². The van der Waals surface area contributed by atoms with E-state index < -0.39 is 0 Å². The molecule has 21 heavy (non-hydrogen) atoms. The molecule has 0 aliphatic heterocycles. The molecule has 1 saturated carbocycles. The predicted octanol–water partition coefficient (Wildman–Crippen LogP) is 4.08. The maximum absolute atomic E-state index is 5.89. The van der Waals surface area contributed by atoms with Crippen LogP contribution in [-0.4, -0.2) is 17.6 Å². The molecular formula is C17H19BrN2O. The van der Waals surface area contributed by atoms with Crippen molar-refractivity contribution in [3.8, 4) is 5.75 Å². The molecule has 1 N–H and O–H groups in total. The molecule has 110 valence electrons. The Morgan fingerprint density at radius 2 is 2.19 bits per heavy atom. The van der Waals surface area contributed by atoms with Crippen molar-refractivity contribution in [3.05, 3.63) is 58.3 Å². The maximum Gasteiger partial charge on any atom is 0.120 e. The van der Waals surface area contributed by atoms with Crippen LogP contribution in [0.15, 0.2) is 47.1 Å². The molecule has 1 fully saturated rings. The summed E-state index contributed by atoms with van der Waals surface area (Å²) in [5.74, 6) is 0.954. The molecule has 0 radical (unpaired) electrons. The van der Waals surface area contributed by atoms with Crippen LogP contribution >= 0.6 is 15.9 Å². The van der Waals surface area contributed by atoms with Gasteiger partial charge in [0.2, 0.25) is 0 Å². The largest absolute Gasteiger partial charge is 0.490 e. The summed E-state index contributed by atoms with van der Waals surface area (Å²) in [6.07, 6.45) is 4.61. The Bertz CT molecular complexity index is 596. The monoisotopic (exact) mass is 346 g/mol. The first-order valence-electron chi connectivity index (χ1n) is 7.37. The maximum atomic E-state index is 5.89. The highest BCUT2D eigenvalue weighted by Gasteiger charge is 2.24. The molecule has 1 aromatic carbocycles. The Labute approximate surface area is 133 Å². The van der Waals surface area contributed by atoms with Crippen molar-refractivity contribution in [1.82, 2.24) is 10.3 Å². The zero-order valence-corrected chi connectivity index (χ0v) is 13.6. The number of benzene rings is 1. The van der Waals surface area contributed by atoms with Crippen molar-refractivity contribution in [1.29, 1.82) is 0 Å². The number of nitrogens with one attached hydrogen (secondary N) is 1. The van der Waals surface area contributed by atoms with E-state index in [-0.39, 0.29) is 6.04 Å². The van der Waals surface area contributed by atoms with Crippen LogP contribution in [0, 0.1) is 0 Å². The van der Waals surface area contributed by atoms with E-state index in [1.165, 1.54) is 18.4 Å². The summed E-state index contributed by atoms with van der Waals surface area (Å²) < 4.78 is 6.89. The zero-order valence-electron chi connectivity index (χ0n) is 12.1. The van der Waals surface area contributed by atoms with Gasteiger partial charge in [0, 0.05) is 10.7 Å². The normalized spacial score (nSPS) is 15.7. The number of halogens is 1. The first kappa shape index (κ1) is 14.5. The van der Waals surface area contributed by atoms with Gasteiger partial charge in [0.05, 0.1) is 17.8 Å². The molecule has 1 aliphatic carbocycles. The van der Waals surface area contributed by atoms with Gasteiger partial charge in [0.1, 0.15) is 5.75 Å². The molecule has 0 spiro atoms. The summed E-state index contributed by atoms with van der Waals surface area (Å²) in [5, 5.41) is 3.50. The Kier molecular flexibility index (Phi) is 4.56. The molecule has 1 heterocycles. The molecule has 1 aliphatic rings. The topological polar surface area (TPSA) is 34.1 Å². The third-order valence-electron chi connectivity index (χ3n) is 3.47. The molecule has 1 aromatic heterocycles. The average Bonchev–Trinajstić information content (AvgIpc) is 3.30. The van der Waals surface area contributed by atoms with Crippen LogP contribution in [-0.2, 0) is 0 Å². The van der Waals surface area contributed by atoms with Crippen LogP contribution < -0.4 is 10.1 Å². The van der Waals surface area contributed by atoms with Gasteiger partial charge in [0.15, 0.2) is 0 Å². The SMILES string of the molecule is CCNC(c1cccc(OC2CC2)c1)c1ccc(Br)cn1. The fraction of sp³-hybridized carbons (Fsp3) is 0.353. The predicted molar refractivity (Wildman–Crippen MR) is 87.5 cm³/mol. The van der Waals surface area contributed by atoms with Gasteiger partial charge in [-0.25, -0.2) is 0 Å². The number of pyridine rings is 1. The van der Waals surface area contributed by atoms with Crippen molar-refractivity contribution >= 4 is 15.9 Å². The van der Waals surface area contributed by atoms with E-state index in [1.54, 1.807) is 0 Å². The molecular weight excluding hydrogens is 328 g/mol. The van der Waals surface area contributed by atoms with E-state index in [2.05, 4.69) is 51.4 Å². The summed E-state index contributed by atoms with van der Waals surface area (Å²) in [6.45, 7) is 2.99. The molecule has 1 atom stereocenters. The Morgan fingerprint density at radius 1 is 1.33 bits per heavy atom. The Balaban J connectivity index is 1.86. The minimum atomic E-state index is 0.0888. The molecule has 0 amide bonds. The quantitative estimate of drug-likeness (QED) is 0.855. The first-order valence-corrected chi connectivity index (χ1v) is 8.17. The standard InChI is InChI=1S/C17H19BrN2O/c1-2-19-17(16-9-6-13(18)11-20-16)12-4-3-5-15(10-12)21-14-7-8-14/h3-6,9-11,14,17,19H,2,7-8H2,1H3. The summed E-state index contributed by atoms with van der Waals surface area (Å²) in [4.78, 5) is 4.53. The van der Waals surface area contributed by atoms with E-state index in [1.807, 2.05) is 24.4 Å². The number of nitrogens with zero attached hydrogens (tertiary/aromatic N) is 1. The lowest BCUT2D eigenvalue weighted by Crippen LogP contribution is -2.23. The smallest absolute Gasteiger partial charge is 0.120 e. The summed E-state index contributed by atoms with van der Waals surface area (Å²) >= 11 is 3.43. The summed E-state index contributed by atoms with van der Waals surface area (Å²) in [5.41, 5.74) is 2.20. The lowest BCUT2D eigenvalue weighted by Gasteiger charge is -2.19. The van der Waals surface area contributed by atoms with E-state index in [0.717, 1.165) is 22.5 Å². The van der Waals surface area contributed by atoms with Gasteiger partial charge in [-0.1, -0.05) is 19.1 Å². The van der Waals surface area contributed by atoms with Gasteiger partial charge in [-0.2, -0.15) is 0 Å². The highest BCUT2D eigenvalue weighted by atomic mass is 79.9. The second-order valence-electron chi connectivity index (χ2n) is 5.28. The number of ether oxygens (including phenoxy) is 1. The molecule has 0 saturated heterocycles. The third kappa shape index (κ3) is 3.83. The van der Waals surface area contributed by atoms with E-state index in [0.29, 0.717) is 6.10 Å². The van der Waals surface area contributed by atoms with E-state index >= 15 is 0 Å². The Hall–Kier alpha value is -1.39. The molecule has 4 heteroatoms. The summed E-state index contributed by atoms with van der Waals surface area (Å²) in [6, 6.07) is 12.5. The fourth-order valence-electron chi connectivity index (χ4n) is 2.30. The van der Waals surface area contributed by atoms with Crippen molar-refractivity contribution < 1.29 is 4.74 Å². The van der Waals surface area contributed by atoms with Gasteiger partial charge < -0.3 is 10.1 Å². The lowest BCUT2D eigenvalue weighted by atomic mass is 10.0. The van der Waals surface area contributed by atoms with E-state index in [4.69, 9.17) is 4.74 Å². The highest BCUT2D eigenvalue weighted by Crippen LogP contribution is 2.29. The minimum absolute atomic E-state index is 0.0888. The summed E-state index contributed by atoms with van der Waals surface area (Å²) in [7, 11) is 0. The second kappa shape index (κ2) is 6.58. The van der Waals surface area contributed by atoms with Gasteiger partial charge in [-0.15, -0.1) is 0 Å². The van der Waals surface area contributed by atoms with Crippen LogP contribution in [0.1, 0.15) is 37.1 Å². The van der Waals surface area contributed by atoms with Gasteiger partial charge in [0.25, 0.3) is 0 Å². The van der Waals surface area contributed by atoms with Crippen molar-refractivity contribution in [2.24, 2.45) is 0 Å². The molecule has 3 rings (SSSR count). The highest BCUT2D eigenvalue weighted by molar-refractivity contribution is 9.10. The zero-order chi connectivity index (χ0) is 14.7. The van der Waals surface area contributed by atoms with Crippen molar-refractivity contribution in [2.45, 2.75) is 31.9 Å². The molecule has 3 nitrogen and oxygen atoms in total. The van der Waals surface area contributed by atoms with Crippen LogP contribution in [0.4, 0.5) is 0 Å².